The summed E-state index contributed by atoms with van der Waals surface area (Å²) in [4.78, 5) is 4.10. The summed E-state index contributed by atoms with van der Waals surface area (Å²) in [6.07, 6.45) is 1.64. The second-order valence-electron chi connectivity index (χ2n) is 2.64. The van der Waals surface area contributed by atoms with Gasteiger partial charge in [-0.2, -0.15) is 0 Å². The first-order valence-electron chi connectivity index (χ1n) is 3.81. The Morgan fingerprint density at radius 2 is 2.38 bits per heavy atom. The molecule has 3 nitrogen and oxygen atoms in total. The van der Waals surface area contributed by atoms with Gasteiger partial charge in [-0.15, -0.1) is 0 Å². The van der Waals surface area contributed by atoms with Crippen molar-refractivity contribution in [2.24, 2.45) is 5.73 Å². The van der Waals surface area contributed by atoms with Crippen LogP contribution in [-0.4, -0.2) is 23.2 Å². The van der Waals surface area contributed by atoms with Crippen molar-refractivity contribution in [1.82, 2.24) is 4.98 Å². The zero-order valence-electron chi connectivity index (χ0n) is 6.87. The maximum absolute atomic E-state index is 8.98. The Labute approximate surface area is 90.1 Å². The van der Waals surface area contributed by atoms with Gasteiger partial charge in [0, 0.05) is 23.1 Å². The minimum atomic E-state index is -0.180. The molecule has 0 aliphatic heterocycles. The van der Waals surface area contributed by atoms with Gasteiger partial charge in [-0.25, -0.2) is 0 Å². The molecule has 72 valence electrons. The molecule has 0 radical (unpaired) electrons. The highest BCUT2D eigenvalue weighted by Crippen LogP contribution is 2.24. The van der Waals surface area contributed by atoms with Crippen LogP contribution in [0.3, 0.4) is 0 Å². The Balaban J connectivity index is 2.99. The van der Waals surface area contributed by atoms with E-state index < -0.39 is 0 Å². The van der Waals surface area contributed by atoms with Crippen LogP contribution >= 0.6 is 27.5 Å². The Kier molecular flexibility index (Phi) is 4.12. The predicted octanol–water partition coefficient (Wildman–Crippen LogP) is 1.53. The first-order valence-corrected chi connectivity index (χ1v) is 4.98. The highest BCUT2D eigenvalue weighted by molar-refractivity contribution is 9.10. The average Bonchev–Trinajstić information content (AvgIpc) is 2.10. The molecule has 1 aromatic heterocycles. The molecule has 1 atom stereocenters. The molecule has 1 rings (SSSR count). The van der Waals surface area contributed by atoms with Crippen molar-refractivity contribution in [3.05, 3.63) is 27.5 Å². The van der Waals surface area contributed by atoms with Crippen LogP contribution in [-0.2, 0) is 0 Å². The normalized spacial score (nSPS) is 12.9. The summed E-state index contributed by atoms with van der Waals surface area (Å²) in [5.41, 5.74) is 6.10. The van der Waals surface area contributed by atoms with Crippen LogP contribution in [0.5, 0.6) is 0 Å². The summed E-state index contributed by atoms with van der Waals surface area (Å²) < 4.78 is 0.815. The minimum absolute atomic E-state index is 0.0369. The van der Waals surface area contributed by atoms with Gasteiger partial charge in [-0.3, -0.25) is 4.98 Å². The fraction of sp³-hybridized carbons (Fsp3) is 0.375. The van der Waals surface area contributed by atoms with Crippen LogP contribution in [0.2, 0.25) is 5.02 Å². The summed E-state index contributed by atoms with van der Waals surface area (Å²) in [5, 5.41) is 9.51. The Morgan fingerprint density at radius 3 is 2.85 bits per heavy atom. The number of nitrogens with two attached hydrogens (primary N) is 1. The van der Waals surface area contributed by atoms with E-state index in [0.29, 0.717) is 17.3 Å². The van der Waals surface area contributed by atoms with Gasteiger partial charge in [0.25, 0.3) is 0 Å². The van der Waals surface area contributed by atoms with E-state index in [1.165, 1.54) is 0 Å². The van der Waals surface area contributed by atoms with Crippen LogP contribution in [0.4, 0.5) is 0 Å². The first-order chi connectivity index (χ1) is 6.19. The molecule has 0 saturated heterocycles. The summed E-state index contributed by atoms with van der Waals surface area (Å²) in [7, 11) is 0. The lowest BCUT2D eigenvalue weighted by molar-refractivity contribution is 0.265. The quantitative estimate of drug-likeness (QED) is 0.871. The number of aliphatic hydroxyl groups is 1. The van der Waals surface area contributed by atoms with Crippen LogP contribution in [0, 0.1) is 0 Å². The van der Waals surface area contributed by atoms with Gasteiger partial charge in [0.1, 0.15) is 0 Å². The molecule has 1 unspecified atom stereocenters. The smallest absolute Gasteiger partial charge is 0.0656 e. The number of pyridine rings is 1. The van der Waals surface area contributed by atoms with Crippen LogP contribution in [0.1, 0.15) is 11.6 Å². The molecule has 13 heavy (non-hydrogen) atoms. The maximum Gasteiger partial charge on any atom is 0.0656 e. The number of halogens is 2. The van der Waals surface area contributed by atoms with Crippen molar-refractivity contribution in [3.63, 3.8) is 0 Å². The third-order valence-electron chi connectivity index (χ3n) is 1.73. The predicted molar refractivity (Wildman–Crippen MR) is 55.8 cm³/mol. The Bertz CT molecular complexity index is 291. The fourth-order valence-corrected chi connectivity index (χ4v) is 1.78. The molecular formula is C8H10BrClN2O. The van der Waals surface area contributed by atoms with Crippen LogP contribution < -0.4 is 5.73 Å². The van der Waals surface area contributed by atoms with Gasteiger partial charge in [0.05, 0.1) is 17.3 Å². The highest BCUT2D eigenvalue weighted by atomic mass is 79.9. The molecule has 0 aliphatic rings. The van der Waals surface area contributed by atoms with Gasteiger partial charge in [-0.05, 0) is 22.0 Å². The van der Waals surface area contributed by atoms with Gasteiger partial charge >= 0.3 is 0 Å². The molecule has 1 heterocycles. The van der Waals surface area contributed by atoms with E-state index in [4.69, 9.17) is 22.4 Å². The molecule has 1 aromatic rings. The standard InChI is InChI=1S/C8H10BrClN2O/c9-6-1-7(10)8(12-3-6)5(2-11)4-13/h1,3,5,13H,2,4,11H2. The number of hydrogen-bond acceptors (Lipinski definition) is 3. The monoisotopic (exact) mass is 264 g/mol. The molecule has 0 saturated carbocycles. The summed E-state index contributed by atoms with van der Waals surface area (Å²) in [5.74, 6) is -0.180. The number of hydrogen-bond donors (Lipinski definition) is 2. The SMILES string of the molecule is NCC(CO)c1ncc(Br)cc1Cl. The Hall–Kier alpha value is -0.160. The zero-order chi connectivity index (χ0) is 9.84. The molecule has 0 spiro atoms. The molecular weight excluding hydrogens is 255 g/mol. The van der Waals surface area contributed by atoms with Gasteiger partial charge in [-0.1, -0.05) is 11.6 Å². The maximum atomic E-state index is 8.98. The minimum Gasteiger partial charge on any atom is -0.396 e. The van der Waals surface area contributed by atoms with E-state index in [-0.39, 0.29) is 12.5 Å². The number of aromatic nitrogens is 1. The van der Waals surface area contributed by atoms with Crippen molar-refractivity contribution in [2.45, 2.75) is 5.92 Å². The molecule has 0 fully saturated rings. The number of nitrogens with zero attached hydrogens (tertiary/aromatic N) is 1. The van der Waals surface area contributed by atoms with Crippen LogP contribution in [0.15, 0.2) is 16.7 Å². The van der Waals surface area contributed by atoms with E-state index in [1.807, 2.05) is 0 Å². The van der Waals surface area contributed by atoms with Gasteiger partial charge < -0.3 is 10.8 Å². The lowest BCUT2D eigenvalue weighted by atomic mass is 10.1. The Morgan fingerprint density at radius 1 is 1.69 bits per heavy atom. The summed E-state index contributed by atoms with van der Waals surface area (Å²) in [6, 6.07) is 1.74. The van der Waals surface area contributed by atoms with Gasteiger partial charge in [0.2, 0.25) is 0 Å². The molecule has 0 aromatic carbocycles. The van der Waals surface area contributed by atoms with Crippen LogP contribution in [0.25, 0.3) is 0 Å². The van der Waals surface area contributed by atoms with Crippen molar-refractivity contribution in [3.8, 4) is 0 Å². The molecule has 0 amide bonds. The van der Waals surface area contributed by atoms with Crippen molar-refractivity contribution >= 4 is 27.5 Å². The zero-order valence-corrected chi connectivity index (χ0v) is 9.22. The highest BCUT2D eigenvalue weighted by Gasteiger charge is 2.13. The van der Waals surface area contributed by atoms with Crippen molar-refractivity contribution in [2.75, 3.05) is 13.2 Å². The van der Waals surface area contributed by atoms with E-state index in [0.717, 1.165) is 4.47 Å². The fourth-order valence-electron chi connectivity index (χ4n) is 0.998. The third-order valence-corrected chi connectivity index (χ3v) is 2.46. The topological polar surface area (TPSA) is 59.1 Å². The van der Waals surface area contributed by atoms with E-state index in [1.54, 1.807) is 12.3 Å². The lowest BCUT2D eigenvalue weighted by Crippen LogP contribution is -2.17. The first kappa shape index (κ1) is 10.9. The summed E-state index contributed by atoms with van der Waals surface area (Å²) >= 11 is 9.17. The average molecular weight is 266 g/mol. The van der Waals surface area contributed by atoms with E-state index in [2.05, 4.69) is 20.9 Å². The lowest BCUT2D eigenvalue weighted by Gasteiger charge is -2.12. The van der Waals surface area contributed by atoms with E-state index in [9.17, 15) is 0 Å². The molecule has 0 bridgehead atoms. The van der Waals surface area contributed by atoms with Crippen molar-refractivity contribution in [1.29, 1.82) is 0 Å². The van der Waals surface area contributed by atoms with E-state index >= 15 is 0 Å². The largest absolute Gasteiger partial charge is 0.396 e. The second-order valence-corrected chi connectivity index (χ2v) is 3.96. The van der Waals surface area contributed by atoms with Crippen molar-refractivity contribution < 1.29 is 5.11 Å². The second kappa shape index (κ2) is 4.91. The number of aliphatic hydroxyl groups excluding tert-OH is 1. The number of rotatable bonds is 3. The van der Waals surface area contributed by atoms with Gasteiger partial charge in [0.15, 0.2) is 0 Å². The molecule has 3 N–H and O–H groups in total. The third kappa shape index (κ3) is 2.64. The summed E-state index contributed by atoms with van der Waals surface area (Å²) in [6.45, 7) is 0.301. The molecule has 0 aliphatic carbocycles. The molecule has 5 heteroatoms.